The quantitative estimate of drug-likeness (QED) is 0.628. The molecule has 0 aromatic heterocycles. The highest BCUT2D eigenvalue weighted by Gasteiger charge is 2.36. The smallest absolute Gasteiger partial charge is 0.326 e. The predicted molar refractivity (Wildman–Crippen MR) is 87.7 cm³/mol. The first kappa shape index (κ1) is 14.1. The molecule has 0 atom stereocenters. The Balaban J connectivity index is 1.90. The molecule has 1 aromatic rings. The van der Waals surface area contributed by atoms with Crippen LogP contribution >= 0.6 is 0 Å². The molecule has 1 aromatic carbocycles. The molecule has 2 aliphatic heterocycles. The summed E-state index contributed by atoms with van der Waals surface area (Å²) in [4.78, 5) is 9.73. The van der Waals surface area contributed by atoms with Gasteiger partial charge >= 0.3 is 14.0 Å². The molecule has 6 heteroatoms. The molecule has 20 heavy (non-hydrogen) atoms. The third kappa shape index (κ3) is 2.42. The van der Waals surface area contributed by atoms with Gasteiger partial charge in [0, 0.05) is 26.2 Å². The molecule has 106 valence electrons. The topological polar surface area (TPSA) is 13.0 Å². The second-order valence-corrected chi connectivity index (χ2v) is 6.34. The molecular weight excluding hydrogens is 246 g/mol. The number of hydrogen-bond donors (Lipinski definition) is 0. The molecule has 3 rings (SSSR count). The third-order valence-electron chi connectivity index (χ3n) is 4.79. The van der Waals surface area contributed by atoms with Crippen molar-refractivity contribution in [1.82, 2.24) is 19.2 Å². The van der Waals surface area contributed by atoms with Gasteiger partial charge in [0.15, 0.2) is 0 Å². The fourth-order valence-corrected chi connectivity index (χ4v) is 3.69. The van der Waals surface area contributed by atoms with Crippen molar-refractivity contribution in [2.75, 3.05) is 54.4 Å². The van der Waals surface area contributed by atoms with Gasteiger partial charge in [-0.3, -0.25) is 0 Å². The average molecular weight is 270 g/mol. The molecule has 0 radical (unpaired) electrons. The molecule has 0 amide bonds. The Bertz CT molecular complexity index is 425. The Morgan fingerprint density at radius 1 is 0.700 bits per heavy atom. The summed E-state index contributed by atoms with van der Waals surface area (Å²) < 4.78 is 0. The molecule has 0 spiro atoms. The van der Waals surface area contributed by atoms with Gasteiger partial charge in [-0.2, -0.15) is 0 Å². The fourth-order valence-electron chi connectivity index (χ4n) is 3.69. The first-order chi connectivity index (χ1) is 9.58. The highest BCUT2D eigenvalue weighted by molar-refractivity contribution is 6.72. The Morgan fingerprint density at radius 3 is 1.40 bits per heavy atom. The molecule has 4 nitrogen and oxygen atoms in total. The molecular formula is C14H24B2N4. The Labute approximate surface area is 123 Å². The number of benzene rings is 1. The Hall–Kier alpha value is -0.810. The van der Waals surface area contributed by atoms with Crippen LogP contribution in [0.5, 0.6) is 0 Å². The van der Waals surface area contributed by atoms with Crippen molar-refractivity contribution in [2.24, 2.45) is 0 Å². The van der Waals surface area contributed by atoms with Gasteiger partial charge in [0.2, 0.25) is 0 Å². The van der Waals surface area contributed by atoms with Crippen molar-refractivity contribution in [3.05, 3.63) is 24.3 Å². The fraction of sp³-hybridized carbons (Fsp3) is 0.571. The normalized spacial score (nSPS) is 23.2. The Morgan fingerprint density at radius 2 is 1.05 bits per heavy atom. The van der Waals surface area contributed by atoms with Gasteiger partial charge < -0.3 is 19.2 Å². The van der Waals surface area contributed by atoms with E-state index in [-0.39, 0.29) is 0 Å². The number of hydrogen-bond acceptors (Lipinski definition) is 4. The van der Waals surface area contributed by atoms with E-state index < -0.39 is 0 Å². The SMILES string of the molecule is CN1CCN(C)B1c1cccc(B2N(C)CCN2C)c1. The molecule has 0 bridgehead atoms. The van der Waals surface area contributed by atoms with Crippen molar-refractivity contribution in [3.8, 4) is 0 Å². The summed E-state index contributed by atoms with van der Waals surface area (Å²) >= 11 is 0. The van der Waals surface area contributed by atoms with Gasteiger partial charge in [-0.05, 0) is 39.1 Å². The third-order valence-corrected chi connectivity index (χ3v) is 4.79. The van der Waals surface area contributed by atoms with Crippen molar-refractivity contribution in [1.29, 1.82) is 0 Å². The monoisotopic (exact) mass is 270 g/mol. The largest absolute Gasteiger partial charge is 0.345 e. The summed E-state index contributed by atoms with van der Waals surface area (Å²) in [5.74, 6) is 0. The van der Waals surface area contributed by atoms with Crippen LogP contribution in [0, 0.1) is 0 Å². The number of likely N-dealkylation sites (N-methyl/N-ethyl adjacent to an activating group) is 4. The summed E-state index contributed by atoms with van der Waals surface area (Å²) in [7, 11) is 8.87. The van der Waals surface area contributed by atoms with Gasteiger partial charge in [-0.1, -0.05) is 24.3 Å². The second-order valence-electron chi connectivity index (χ2n) is 6.34. The van der Waals surface area contributed by atoms with Crippen LogP contribution in [-0.2, 0) is 0 Å². The zero-order valence-electron chi connectivity index (χ0n) is 13.1. The minimum Gasteiger partial charge on any atom is -0.326 e. The van der Waals surface area contributed by atoms with Crippen molar-refractivity contribution < 1.29 is 0 Å². The van der Waals surface area contributed by atoms with Crippen molar-refractivity contribution >= 4 is 24.9 Å². The number of nitrogens with zero attached hydrogens (tertiary/aromatic N) is 4. The van der Waals surface area contributed by atoms with Crippen molar-refractivity contribution in [2.45, 2.75) is 0 Å². The average Bonchev–Trinajstić information content (AvgIpc) is 2.93. The second kappa shape index (κ2) is 5.53. The molecule has 0 unspecified atom stereocenters. The highest BCUT2D eigenvalue weighted by atomic mass is 15.3. The summed E-state index contributed by atoms with van der Waals surface area (Å²) in [6.07, 6.45) is 0. The lowest BCUT2D eigenvalue weighted by molar-refractivity contribution is 0.553. The molecule has 2 aliphatic rings. The predicted octanol–water partition coefficient (Wildman–Crippen LogP) is -1.17. The molecule has 2 fully saturated rings. The molecule has 0 N–H and O–H groups in total. The van der Waals surface area contributed by atoms with Gasteiger partial charge in [0.1, 0.15) is 0 Å². The summed E-state index contributed by atoms with van der Waals surface area (Å²) in [6.45, 7) is 5.44. The van der Waals surface area contributed by atoms with Crippen LogP contribution in [0.4, 0.5) is 0 Å². The van der Waals surface area contributed by atoms with E-state index in [4.69, 9.17) is 0 Å². The minimum atomic E-state index is 0.423. The number of rotatable bonds is 2. The van der Waals surface area contributed by atoms with E-state index in [1.807, 2.05) is 0 Å². The van der Waals surface area contributed by atoms with E-state index in [1.165, 1.54) is 10.9 Å². The van der Waals surface area contributed by atoms with E-state index in [0.29, 0.717) is 14.0 Å². The van der Waals surface area contributed by atoms with Crippen LogP contribution in [-0.4, -0.2) is 87.6 Å². The van der Waals surface area contributed by atoms with Crippen molar-refractivity contribution in [3.63, 3.8) is 0 Å². The van der Waals surface area contributed by atoms with Crippen LogP contribution in [0.3, 0.4) is 0 Å². The highest BCUT2D eigenvalue weighted by Crippen LogP contribution is 2.08. The van der Waals surface area contributed by atoms with Gasteiger partial charge in [-0.25, -0.2) is 0 Å². The van der Waals surface area contributed by atoms with Crippen LogP contribution in [0.15, 0.2) is 24.3 Å². The standard InChI is InChI=1S/C14H24B2N4/c1-17-8-9-18(2)15(17)13-6-5-7-14(12-13)16-19(3)10-11-20(16)4/h5-7,12H,8-11H2,1-4H3. The van der Waals surface area contributed by atoms with E-state index in [9.17, 15) is 0 Å². The first-order valence-corrected chi connectivity index (χ1v) is 7.49. The van der Waals surface area contributed by atoms with Crippen LogP contribution in [0.25, 0.3) is 0 Å². The lowest BCUT2D eigenvalue weighted by atomic mass is 9.60. The molecule has 0 aliphatic carbocycles. The summed E-state index contributed by atoms with van der Waals surface area (Å²) in [6, 6.07) is 9.14. The van der Waals surface area contributed by atoms with E-state index in [1.54, 1.807) is 0 Å². The van der Waals surface area contributed by atoms with Crippen LogP contribution in [0.1, 0.15) is 0 Å². The maximum absolute atomic E-state index is 2.43. The molecule has 2 heterocycles. The zero-order valence-corrected chi connectivity index (χ0v) is 13.1. The lowest BCUT2D eigenvalue weighted by Crippen LogP contribution is -2.54. The summed E-state index contributed by atoms with van der Waals surface area (Å²) in [5.41, 5.74) is 2.83. The van der Waals surface area contributed by atoms with E-state index >= 15 is 0 Å². The van der Waals surface area contributed by atoms with Gasteiger partial charge in [0.25, 0.3) is 0 Å². The lowest BCUT2D eigenvalue weighted by Gasteiger charge is -2.24. The maximum atomic E-state index is 2.43. The van der Waals surface area contributed by atoms with Crippen LogP contribution < -0.4 is 10.9 Å². The first-order valence-electron chi connectivity index (χ1n) is 7.49. The Kier molecular flexibility index (Phi) is 3.91. The van der Waals surface area contributed by atoms with E-state index in [2.05, 4.69) is 71.7 Å². The van der Waals surface area contributed by atoms with Crippen LogP contribution in [0.2, 0.25) is 0 Å². The van der Waals surface area contributed by atoms with Gasteiger partial charge in [-0.15, -0.1) is 0 Å². The zero-order chi connectivity index (χ0) is 14.3. The maximum Gasteiger partial charge on any atom is 0.345 e. The summed E-state index contributed by atoms with van der Waals surface area (Å²) in [5, 5.41) is 0. The molecule has 0 saturated carbocycles. The molecule has 2 saturated heterocycles. The minimum absolute atomic E-state index is 0.423. The van der Waals surface area contributed by atoms with E-state index in [0.717, 1.165) is 26.2 Å². The van der Waals surface area contributed by atoms with Gasteiger partial charge in [0.05, 0.1) is 0 Å².